The van der Waals surface area contributed by atoms with Crippen LogP contribution in [-0.2, 0) is 0 Å². The molecule has 0 aliphatic rings. The van der Waals surface area contributed by atoms with Gasteiger partial charge in [0, 0.05) is 13.0 Å². The summed E-state index contributed by atoms with van der Waals surface area (Å²) < 4.78 is 0. The smallest absolute Gasteiger partial charge is 0.426 e. The first-order chi connectivity index (χ1) is 6.16. The predicted octanol–water partition coefficient (Wildman–Crippen LogP) is -1.19. The molecule has 0 atom stereocenters. The van der Waals surface area contributed by atoms with Crippen molar-refractivity contribution in [1.82, 2.24) is 10.3 Å². The third-order valence-corrected chi connectivity index (χ3v) is 1.27. The molecule has 0 aliphatic heterocycles. The van der Waals surface area contributed by atoms with Crippen LogP contribution in [0, 0.1) is 0 Å². The lowest BCUT2D eigenvalue weighted by atomic mass is 9.92. The zero-order chi connectivity index (χ0) is 10.7. The summed E-state index contributed by atoms with van der Waals surface area (Å²) in [6, 6.07) is 0. The van der Waals surface area contributed by atoms with E-state index in [2.05, 4.69) is 5.32 Å². The van der Waals surface area contributed by atoms with E-state index in [1.54, 1.807) is 0 Å². The molecule has 0 rings (SSSR count). The SMILES string of the molecule is CC.CNCCCN(N)CB(O)O. The van der Waals surface area contributed by atoms with E-state index in [1.165, 1.54) is 5.01 Å². The predicted molar refractivity (Wildman–Crippen MR) is 55.8 cm³/mol. The summed E-state index contributed by atoms with van der Waals surface area (Å²) in [5.74, 6) is 5.40. The second-order valence-electron chi connectivity index (χ2n) is 2.43. The molecule has 5 N–H and O–H groups in total. The van der Waals surface area contributed by atoms with Crippen molar-refractivity contribution in [2.45, 2.75) is 20.3 Å². The van der Waals surface area contributed by atoms with Crippen molar-refractivity contribution in [3.63, 3.8) is 0 Å². The molecule has 0 aromatic rings. The van der Waals surface area contributed by atoms with E-state index in [0.717, 1.165) is 13.0 Å². The first-order valence-electron chi connectivity index (χ1n) is 4.67. The molecule has 0 saturated carbocycles. The lowest BCUT2D eigenvalue weighted by molar-refractivity contribution is 0.281. The van der Waals surface area contributed by atoms with Crippen LogP contribution in [-0.4, -0.2) is 48.8 Å². The molecule has 0 fully saturated rings. The topological polar surface area (TPSA) is 81.8 Å². The molecule has 6 heteroatoms. The van der Waals surface area contributed by atoms with Crippen LogP contribution in [0.2, 0.25) is 0 Å². The second-order valence-corrected chi connectivity index (χ2v) is 2.43. The lowest BCUT2D eigenvalue weighted by Crippen LogP contribution is -2.41. The maximum atomic E-state index is 8.50. The average molecular weight is 191 g/mol. The van der Waals surface area contributed by atoms with E-state index in [4.69, 9.17) is 15.9 Å². The van der Waals surface area contributed by atoms with Gasteiger partial charge in [0.05, 0.1) is 0 Å². The molecule has 0 aromatic heterocycles. The van der Waals surface area contributed by atoms with Crippen molar-refractivity contribution >= 4 is 7.12 Å². The highest BCUT2D eigenvalue weighted by Gasteiger charge is 2.09. The molecular weight excluding hydrogens is 169 g/mol. The number of nitrogens with one attached hydrogen (secondary N) is 1. The zero-order valence-corrected chi connectivity index (χ0v) is 8.82. The molecule has 80 valence electrons. The standard InChI is InChI=1S/C5H16BN3O2.C2H6/c1-8-3-2-4-9(7)5-6(10)11;1-2/h8,10-11H,2-5,7H2,1H3;1-2H3. The number of rotatable bonds is 6. The summed E-state index contributed by atoms with van der Waals surface area (Å²) in [5.41, 5.74) is 0. The highest BCUT2D eigenvalue weighted by molar-refractivity contribution is 6.41. The Morgan fingerprint density at radius 3 is 2.31 bits per heavy atom. The second kappa shape index (κ2) is 11.9. The largest absolute Gasteiger partial charge is 0.468 e. The third-order valence-electron chi connectivity index (χ3n) is 1.27. The van der Waals surface area contributed by atoms with Crippen LogP contribution in [0.5, 0.6) is 0 Å². The Morgan fingerprint density at radius 2 is 1.92 bits per heavy atom. The molecule has 5 nitrogen and oxygen atoms in total. The Kier molecular flexibility index (Phi) is 14.0. The van der Waals surface area contributed by atoms with Gasteiger partial charge >= 0.3 is 7.12 Å². The quantitative estimate of drug-likeness (QED) is 0.184. The van der Waals surface area contributed by atoms with Crippen molar-refractivity contribution in [3.05, 3.63) is 0 Å². The third kappa shape index (κ3) is 14.7. The lowest BCUT2D eigenvalue weighted by Gasteiger charge is -2.14. The fourth-order valence-corrected chi connectivity index (χ4v) is 0.760. The fraction of sp³-hybridized carbons (Fsp3) is 1.00. The normalized spacial score (nSPS) is 9.46. The van der Waals surface area contributed by atoms with E-state index in [0.29, 0.717) is 6.54 Å². The van der Waals surface area contributed by atoms with Gasteiger partial charge in [-0.15, -0.1) is 0 Å². The van der Waals surface area contributed by atoms with Crippen LogP contribution in [0.4, 0.5) is 0 Å². The van der Waals surface area contributed by atoms with Gasteiger partial charge in [-0.05, 0) is 20.0 Å². The maximum absolute atomic E-state index is 8.50. The Labute approximate surface area is 81.0 Å². The van der Waals surface area contributed by atoms with Gasteiger partial charge in [0.15, 0.2) is 0 Å². The summed E-state index contributed by atoms with van der Waals surface area (Å²) >= 11 is 0. The molecule has 0 spiro atoms. The van der Waals surface area contributed by atoms with Gasteiger partial charge in [0.25, 0.3) is 0 Å². The average Bonchev–Trinajstić information content (AvgIpc) is 2.07. The van der Waals surface area contributed by atoms with Gasteiger partial charge in [0.1, 0.15) is 0 Å². The van der Waals surface area contributed by atoms with Crippen LogP contribution in [0.3, 0.4) is 0 Å². The first kappa shape index (κ1) is 15.3. The number of nitrogens with two attached hydrogens (primary N) is 1. The van der Waals surface area contributed by atoms with E-state index < -0.39 is 7.12 Å². The van der Waals surface area contributed by atoms with Crippen molar-refractivity contribution in [1.29, 1.82) is 0 Å². The molecular formula is C7H22BN3O2. The van der Waals surface area contributed by atoms with Gasteiger partial charge in [-0.2, -0.15) is 0 Å². The van der Waals surface area contributed by atoms with Crippen LogP contribution in [0.1, 0.15) is 20.3 Å². The molecule has 0 radical (unpaired) electrons. The number of nitrogens with zero attached hydrogens (tertiary/aromatic N) is 1. The zero-order valence-electron chi connectivity index (χ0n) is 8.82. The minimum Gasteiger partial charge on any atom is -0.426 e. The maximum Gasteiger partial charge on any atom is 0.468 e. The summed E-state index contributed by atoms with van der Waals surface area (Å²) in [4.78, 5) is 0. The molecule has 13 heavy (non-hydrogen) atoms. The fourth-order valence-electron chi connectivity index (χ4n) is 0.760. The van der Waals surface area contributed by atoms with E-state index in [-0.39, 0.29) is 6.44 Å². The molecule has 0 unspecified atom stereocenters. The van der Waals surface area contributed by atoms with Crippen molar-refractivity contribution in [2.75, 3.05) is 26.6 Å². The minimum absolute atomic E-state index is 0.101. The van der Waals surface area contributed by atoms with Crippen LogP contribution in [0.25, 0.3) is 0 Å². The van der Waals surface area contributed by atoms with Crippen molar-refractivity contribution in [2.24, 2.45) is 5.84 Å². The van der Waals surface area contributed by atoms with Gasteiger partial charge < -0.3 is 15.4 Å². The van der Waals surface area contributed by atoms with Gasteiger partial charge in [-0.1, -0.05) is 13.8 Å². The van der Waals surface area contributed by atoms with Crippen LogP contribution < -0.4 is 11.2 Å². The van der Waals surface area contributed by atoms with Gasteiger partial charge in [-0.25, -0.2) is 5.01 Å². The van der Waals surface area contributed by atoms with E-state index in [9.17, 15) is 0 Å². The summed E-state index contributed by atoms with van der Waals surface area (Å²) in [6.07, 6.45) is 1.00. The van der Waals surface area contributed by atoms with E-state index >= 15 is 0 Å². The summed E-state index contributed by atoms with van der Waals surface area (Å²) in [7, 11) is 0.524. The van der Waals surface area contributed by atoms with Gasteiger partial charge in [0.2, 0.25) is 0 Å². The molecule has 0 aliphatic carbocycles. The number of hydrogen-bond acceptors (Lipinski definition) is 5. The monoisotopic (exact) mass is 191 g/mol. The first-order valence-corrected chi connectivity index (χ1v) is 4.67. The van der Waals surface area contributed by atoms with E-state index in [1.807, 2.05) is 20.9 Å². The molecule has 0 saturated heterocycles. The Morgan fingerprint density at radius 1 is 1.38 bits per heavy atom. The molecule has 0 bridgehead atoms. The summed E-state index contributed by atoms with van der Waals surface area (Å²) in [5, 5.41) is 21.4. The Bertz CT molecular complexity index is 95.8. The van der Waals surface area contributed by atoms with Crippen molar-refractivity contribution < 1.29 is 10.0 Å². The number of hydrogen-bond donors (Lipinski definition) is 4. The highest BCUT2D eigenvalue weighted by atomic mass is 16.4. The van der Waals surface area contributed by atoms with Gasteiger partial charge in [-0.3, -0.25) is 5.84 Å². The Balaban J connectivity index is 0. The van der Waals surface area contributed by atoms with Crippen LogP contribution in [0.15, 0.2) is 0 Å². The highest BCUT2D eigenvalue weighted by Crippen LogP contribution is 1.82. The molecule has 0 amide bonds. The summed E-state index contributed by atoms with van der Waals surface area (Å²) in [6.45, 7) is 5.55. The molecule has 0 aromatic carbocycles. The minimum atomic E-state index is -1.34. The Hall–Kier alpha value is -0.135. The number of hydrazine groups is 1. The molecule has 0 heterocycles. The van der Waals surface area contributed by atoms with Crippen molar-refractivity contribution in [3.8, 4) is 0 Å². The van der Waals surface area contributed by atoms with Crippen LogP contribution >= 0.6 is 0 Å².